The Hall–Kier alpha value is -2.14. The van der Waals surface area contributed by atoms with Gasteiger partial charge in [-0.1, -0.05) is 36.4 Å². The summed E-state index contributed by atoms with van der Waals surface area (Å²) in [4.78, 5) is -0.259. The van der Waals surface area contributed by atoms with Crippen molar-refractivity contribution in [2.45, 2.75) is 42.3 Å². The molecule has 1 saturated carbocycles. The molecule has 188 valence electrons. The third-order valence-electron chi connectivity index (χ3n) is 6.12. The van der Waals surface area contributed by atoms with Crippen molar-refractivity contribution in [1.82, 2.24) is 0 Å². The minimum Gasteiger partial charge on any atom is -0.269 e. The van der Waals surface area contributed by atoms with E-state index in [0.717, 1.165) is 30.4 Å². The minimum absolute atomic E-state index is 0.0243. The first kappa shape index (κ1) is 27.5. The second-order valence-electron chi connectivity index (χ2n) is 8.75. The minimum atomic E-state index is -4.91. The number of allylic oxidation sites excluding steroid dienone is 1. The number of anilines is 1. The highest BCUT2D eigenvalue weighted by Gasteiger charge is 2.58. The van der Waals surface area contributed by atoms with Gasteiger partial charge in [-0.25, -0.2) is 17.2 Å². The molecule has 0 spiro atoms. The quantitative estimate of drug-likeness (QED) is 0.304. The van der Waals surface area contributed by atoms with E-state index in [9.17, 15) is 34.8 Å². The number of nitrogens with zero attached hydrogens (tertiary/aromatic N) is 1. The second-order valence-corrected chi connectivity index (χ2v) is 11.1. The summed E-state index contributed by atoms with van der Waals surface area (Å²) in [6.07, 6.45) is -7.41. The molecule has 0 N–H and O–H groups in total. The molecule has 0 aliphatic heterocycles. The summed E-state index contributed by atoms with van der Waals surface area (Å²) < 4.78 is 110. The lowest BCUT2D eigenvalue weighted by Gasteiger charge is -2.28. The molecule has 2 aromatic rings. The highest BCUT2D eigenvalue weighted by atomic mass is 35.5. The van der Waals surface area contributed by atoms with E-state index >= 15 is 0 Å². The van der Waals surface area contributed by atoms with Gasteiger partial charge in [-0.3, -0.25) is 8.70 Å². The zero-order valence-corrected chi connectivity index (χ0v) is 20.3. The van der Waals surface area contributed by atoms with Crippen molar-refractivity contribution in [2.75, 3.05) is 11.4 Å². The molecular weight excluding hydrogens is 515 g/mol. The van der Waals surface area contributed by atoms with Crippen LogP contribution in [0.25, 0.3) is 5.57 Å². The van der Waals surface area contributed by atoms with E-state index in [1.165, 1.54) is 30.3 Å². The van der Waals surface area contributed by atoms with Gasteiger partial charge in [0.1, 0.15) is 7.85 Å². The molecule has 2 radical (unpaired) electrons. The van der Waals surface area contributed by atoms with Crippen LogP contribution in [0.1, 0.15) is 30.9 Å². The van der Waals surface area contributed by atoms with Crippen LogP contribution in [0.4, 0.5) is 32.0 Å². The Balaban J connectivity index is 2.05. The van der Waals surface area contributed by atoms with Crippen LogP contribution in [0.2, 0.25) is 5.02 Å². The fourth-order valence-corrected chi connectivity index (χ4v) is 5.74. The maximum Gasteiger partial charge on any atom is 0.392 e. The van der Waals surface area contributed by atoms with Crippen molar-refractivity contribution >= 4 is 40.7 Å². The van der Waals surface area contributed by atoms with Crippen molar-refractivity contribution < 1.29 is 34.8 Å². The zero-order valence-electron chi connectivity index (χ0n) is 18.7. The van der Waals surface area contributed by atoms with Crippen molar-refractivity contribution in [2.24, 2.45) is 11.8 Å². The Labute approximate surface area is 206 Å². The lowest BCUT2D eigenvalue weighted by Crippen LogP contribution is -2.29. The monoisotopic (exact) mass is 535 g/mol. The predicted molar refractivity (Wildman–Crippen MR) is 124 cm³/mol. The summed E-state index contributed by atoms with van der Waals surface area (Å²) in [7, 11) is 2.19. The molecule has 35 heavy (non-hydrogen) atoms. The summed E-state index contributed by atoms with van der Waals surface area (Å²) in [5.74, 6) is -7.64. The molecule has 1 aliphatic rings. The van der Waals surface area contributed by atoms with Gasteiger partial charge in [0, 0.05) is 31.4 Å². The van der Waals surface area contributed by atoms with Crippen molar-refractivity contribution in [3.63, 3.8) is 0 Å². The number of alkyl halides is 6. The van der Waals surface area contributed by atoms with Crippen LogP contribution < -0.4 is 4.31 Å². The molecule has 3 atom stereocenters. The van der Waals surface area contributed by atoms with Gasteiger partial charge < -0.3 is 0 Å². The van der Waals surface area contributed by atoms with Gasteiger partial charge in [-0.05, 0) is 42.3 Å². The summed E-state index contributed by atoms with van der Waals surface area (Å²) >= 11 is 6.24. The molecule has 0 bridgehead atoms. The predicted octanol–water partition coefficient (Wildman–Crippen LogP) is 6.71. The van der Waals surface area contributed by atoms with Gasteiger partial charge in [0.15, 0.2) is 0 Å². The van der Waals surface area contributed by atoms with E-state index in [-0.39, 0.29) is 32.3 Å². The third-order valence-corrected chi connectivity index (χ3v) is 8.22. The molecule has 3 nitrogen and oxygen atoms in total. The molecule has 1 aliphatic carbocycles. The molecule has 2 aromatic carbocycles. The number of rotatable bonds is 6. The van der Waals surface area contributed by atoms with Crippen LogP contribution in [-0.4, -0.2) is 35.4 Å². The number of halogens is 7. The van der Waals surface area contributed by atoms with Gasteiger partial charge in [-0.15, -0.1) is 0 Å². The fraction of sp³-hybridized carbons (Fsp3) is 0.391. The SMILES string of the molecule is [B]C(C)(F)c1ccc(S(=O)(=O)N(C)c2cccc(Cl)c2C(=C)C2CC(F)(F)CC2C(F)(F)F)cc1. The van der Waals surface area contributed by atoms with Gasteiger partial charge in [0.25, 0.3) is 10.0 Å². The maximum absolute atomic E-state index is 14.0. The normalized spacial score (nSPS) is 22.0. The number of hydrogen-bond acceptors (Lipinski definition) is 2. The van der Waals surface area contributed by atoms with E-state index < -0.39 is 52.4 Å². The fourth-order valence-electron chi connectivity index (χ4n) is 4.24. The largest absolute Gasteiger partial charge is 0.392 e. The van der Waals surface area contributed by atoms with Crippen LogP contribution in [0, 0.1) is 11.8 Å². The Morgan fingerprint density at radius 3 is 2.20 bits per heavy atom. The molecule has 1 fully saturated rings. The van der Waals surface area contributed by atoms with Crippen LogP contribution in [-0.2, 0) is 15.6 Å². The highest BCUT2D eigenvalue weighted by molar-refractivity contribution is 7.92. The molecule has 12 heteroatoms. The van der Waals surface area contributed by atoms with Gasteiger partial charge >= 0.3 is 6.18 Å². The summed E-state index contributed by atoms with van der Waals surface area (Å²) in [5, 5.41) is -0.141. The first-order valence-corrected chi connectivity index (χ1v) is 12.2. The Kier molecular flexibility index (Phi) is 7.11. The summed E-state index contributed by atoms with van der Waals surface area (Å²) in [5.41, 5.74) is -2.83. The average molecular weight is 536 g/mol. The van der Waals surface area contributed by atoms with E-state index in [2.05, 4.69) is 6.58 Å². The molecule has 3 unspecified atom stereocenters. The van der Waals surface area contributed by atoms with Crippen LogP contribution in [0.3, 0.4) is 0 Å². The third kappa shape index (κ3) is 5.50. The topological polar surface area (TPSA) is 37.4 Å². The van der Waals surface area contributed by atoms with Crippen molar-refractivity contribution in [1.29, 1.82) is 0 Å². The van der Waals surface area contributed by atoms with Crippen molar-refractivity contribution in [3.05, 3.63) is 65.2 Å². The second kappa shape index (κ2) is 9.07. The molecule has 0 aromatic heterocycles. The van der Waals surface area contributed by atoms with Crippen LogP contribution in [0.15, 0.2) is 53.9 Å². The lowest BCUT2D eigenvalue weighted by atomic mass is 9.79. The Bertz CT molecular complexity index is 1230. The van der Waals surface area contributed by atoms with E-state index in [1.54, 1.807) is 0 Å². The Morgan fingerprint density at radius 2 is 1.69 bits per heavy atom. The molecule has 0 saturated heterocycles. The van der Waals surface area contributed by atoms with E-state index in [1.807, 2.05) is 0 Å². The lowest BCUT2D eigenvalue weighted by molar-refractivity contribution is -0.183. The molecule has 0 heterocycles. The van der Waals surface area contributed by atoms with E-state index in [4.69, 9.17) is 19.4 Å². The highest BCUT2D eigenvalue weighted by Crippen LogP contribution is 2.55. The number of benzene rings is 2. The first-order valence-electron chi connectivity index (χ1n) is 10.4. The van der Waals surface area contributed by atoms with E-state index in [0.29, 0.717) is 0 Å². The number of hydrogen-bond donors (Lipinski definition) is 0. The standard InChI is InChI=1S/C23H21BClF6NO2S/c1-13(16-11-22(27,28)12-17(16)23(29,30)31)20-18(25)5-4-6-19(20)32(3)35(33,34)15-9-7-14(8-10-15)21(2,24)26/h4-10,16-17H,1,11-12H2,2-3H3. The van der Waals surface area contributed by atoms with Gasteiger partial charge in [-0.2, -0.15) is 13.2 Å². The van der Waals surface area contributed by atoms with Crippen LogP contribution >= 0.6 is 11.6 Å². The summed E-state index contributed by atoms with van der Waals surface area (Å²) in [6.45, 7) is 4.73. The average Bonchev–Trinajstić information content (AvgIpc) is 3.08. The first-order chi connectivity index (χ1) is 15.9. The zero-order chi connectivity index (χ0) is 26.6. The van der Waals surface area contributed by atoms with Gasteiger partial charge in [0.2, 0.25) is 5.92 Å². The Morgan fingerprint density at radius 1 is 1.11 bits per heavy atom. The number of sulfonamides is 1. The maximum atomic E-state index is 14.0. The van der Waals surface area contributed by atoms with Crippen LogP contribution in [0.5, 0.6) is 0 Å². The smallest absolute Gasteiger partial charge is 0.269 e. The van der Waals surface area contributed by atoms with Crippen molar-refractivity contribution in [3.8, 4) is 0 Å². The molecule has 3 rings (SSSR count). The van der Waals surface area contributed by atoms with Gasteiger partial charge in [0.05, 0.1) is 27.1 Å². The molecule has 0 amide bonds. The summed E-state index contributed by atoms with van der Waals surface area (Å²) in [6, 6.07) is 8.59. The molecular formula is C23H21BClF6NO2S.